The molecule has 1 unspecified atom stereocenters. The number of nitrogens with one attached hydrogen (secondary N) is 2. The number of hydrogen-bond acceptors (Lipinski definition) is 2. The first-order valence-electron chi connectivity index (χ1n) is 6.83. The molecule has 0 aliphatic carbocycles. The van der Waals surface area contributed by atoms with E-state index in [0.717, 1.165) is 38.9 Å². The molecule has 1 saturated heterocycles. The summed E-state index contributed by atoms with van der Waals surface area (Å²) in [5.74, 6) is 0.606. The van der Waals surface area contributed by atoms with Crippen LogP contribution in [0.4, 0.5) is 4.79 Å². The molecule has 0 aromatic heterocycles. The van der Waals surface area contributed by atoms with Gasteiger partial charge in [0.15, 0.2) is 0 Å². The standard InChI is InChI=1S/C13H27N3O/c1-11(2)9-12(10-14-3)15-13(17)16-7-5-4-6-8-16/h11-12,14H,4-10H2,1-3H3,(H,15,17). The van der Waals surface area contributed by atoms with Gasteiger partial charge >= 0.3 is 6.03 Å². The topological polar surface area (TPSA) is 44.4 Å². The van der Waals surface area contributed by atoms with Crippen molar-refractivity contribution >= 4 is 6.03 Å². The van der Waals surface area contributed by atoms with Gasteiger partial charge in [0.05, 0.1) is 0 Å². The number of nitrogens with zero attached hydrogens (tertiary/aromatic N) is 1. The number of hydrogen-bond donors (Lipinski definition) is 2. The molecule has 0 bridgehead atoms. The van der Waals surface area contributed by atoms with Crippen molar-refractivity contribution in [1.29, 1.82) is 0 Å². The summed E-state index contributed by atoms with van der Waals surface area (Å²) < 4.78 is 0. The SMILES string of the molecule is CNCC(CC(C)C)NC(=O)N1CCCCC1. The number of carbonyl (C=O) groups is 1. The van der Waals surface area contributed by atoms with Crippen LogP contribution in [0, 0.1) is 5.92 Å². The van der Waals surface area contributed by atoms with Crippen LogP contribution in [0.5, 0.6) is 0 Å². The highest BCUT2D eigenvalue weighted by atomic mass is 16.2. The molecule has 1 aliphatic heterocycles. The van der Waals surface area contributed by atoms with Crippen molar-refractivity contribution in [3.05, 3.63) is 0 Å². The Kier molecular flexibility index (Phi) is 6.34. The van der Waals surface area contributed by atoms with Gasteiger partial charge in [-0.05, 0) is 38.6 Å². The van der Waals surface area contributed by atoms with E-state index >= 15 is 0 Å². The van der Waals surface area contributed by atoms with Crippen molar-refractivity contribution < 1.29 is 4.79 Å². The molecule has 100 valence electrons. The maximum absolute atomic E-state index is 12.1. The Labute approximate surface area is 105 Å². The third-order valence-electron chi connectivity index (χ3n) is 3.18. The predicted molar refractivity (Wildman–Crippen MR) is 71.1 cm³/mol. The van der Waals surface area contributed by atoms with Gasteiger partial charge in [-0.25, -0.2) is 4.79 Å². The molecule has 0 spiro atoms. The Hall–Kier alpha value is -0.770. The molecule has 1 heterocycles. The number of amides is 2. The lowest BCUT2D eigenvalue weighted by Crippen LogP contribution is -2.49. The van der Waals surface area contributed by atoms with Crippen molar-refractivity contribution in [2.75, 3.05) is 26.7 Å². The molecular formula is C13H27N3O. The normalized spacial score (nSPS) is 18.2. The fraction of sp³-hybridized carbons (Fsp3) is 0.923. The first kappa shape index (κ1) is 14.3. The summed E-state index contributed by atoms with van der Waals surface area (Å²) in [4.78, 5) is 14.0. The van der Waals surface area contributed by atoms with Crippen molar-refractivity contribution in [3.63, 3.8) is 0 Å². The van der Waals surface area contributed by atoms with Gasteiger partial charge in [0.2, 0.25) is 0 Å². The molecule has 4 nitrogen and oxygen atoms in total. The fourth-order valence-electron chi connectivity index (χ4n) is 2.37. The Morgan fingerprint density at radius 2 is 1.88 bits per heavy atom. The largest absolute Gasteiger partial charge is 0.334 e. The molecule has 1 aliphatic rings. The van der Waals surface area contributed by atoms with Gasteiger partial charge < -0.3 is 15.5 Å². The number of carbonyl (C=O) groups excluding carboxylic acids is 1. The first-order chi connectivity index (χ1) is 8.13. The van der Waals surface area contributed by atoms with E-state index in [-0.39, 0.29) is 12.1 Å². The Balaban J connectivity index is 2.38. The van der Waals surface area contributed by atoms with Crippen LogP contribution in [0.25, 0.3) is 0 Å². The third kappa shape index (κ3) is 5.39. The van der Waals surface area contributed by atoms with Gasteiger partial charge in [-0.15, -0.1) is 0 Å². The summed E-state index contributed by atoms with van der Waals surface area (Å²) in [6.45, 7) is 7.06. The average Bonchev–Trinajstić information content (AvgIpc) is 2.29. The van der Waals surface area contributed by atoms with Gasteiger partial charge in [0.1, 0.15) is 0 Å². The summed E-state index contributed by atoms with van der Waals surface area (Å²) in [5, 5.41) is 6.29. The predicted octanol–water partition coefficient (Wildman–Crippen LogP) is 1.82. The molecule has 0 radical (unpaired) electrons. The van der Waals surface area contributed by atoms with Crippen LogP contribution in [-0.2, 0) is 0 Å². The second-order valence-electron chi connectivity index (χ2n) is 5.38. The van der Waals surface area contributed by atoms with Gasteiger partial charge in [0, 0.05) is 25.7 Å². The molecule has 0 saturated carbocycles. The minimum atomic E-state index is 0.116. The van der Waals surface area contributed by atoms with Gasteiger partial charge in [-0.2, -0.15) is 0 Å². The summed E-state index contributed by atoms with van der Waals surface area (Å²) in [6.07, 6.45) is 4.58. The van der Waals surface area contributed by atoms with E-state index in [1.54, 1.807) is 0 Å². The van der Waals surface area contributed by atoms with E-state index in [1.807, 2.05) is 11.9 Å². The van der Waals surface area contributed by atoms with Crippen LogP contribution in [0.2, 0.25) is 0 Å². The Morgan fingerprint density at radius 1 is 1.24 bits per heavy atom. The van der Waals surface area contributed by atoms with Gasteiger partial charge in [-0.3, -0.25) is 0 Å². The van der Waals surface area contributed by atoms with E-state index in [4.69, 9.17) is 0 Å². The van der Waals surface area contributed by atoms with Crippen molar-refractivity contribution in [1.82, 2.24) is 15.5 Å². The van der Waals surface area contributed by atoms with Crippen LogP contribution < -0.4 is 10.6 Å². The van der Waals surface area contributed by atoms with Gasteiger partial charge in [0.25, 0.3) is 0 Å². The fourth-order valence-corrected chi connectivity index (χ4v) is 2.37. The van der Waals surface area contributed by atoms with Crippen molar-refractivity contribution in [2.45, 2.75) is 45.6 Å². The molecule has 1 rings (SSSR count). The minimum absolute atomic E-state index is 0.116. The average molecular weight is 241 g/mol. The molecular weight excluding hydrogens is 214 g/mol. The van der Waals surface area contributed by atoms with Crippen molar-refractivity contribution in [3.8, 4) is 0 Å². The maximum atomic E-state index is 12.1. The smallest absolute Gasteiger partial charge is 0.317 e. The van der Waals surface area contributed by atoms with E-state index in [0.29, 0.717) is 5.92 Å². The number of likely N-dealkylation sites (N-methyl/N-ethyl adjacent to an activating group) is 1. The summed E-state index contributed by atoms with van der Waals surface area (Å²) in [5.41, 5.74) is 0. The van der Waals surface area contributed by atoms with Crippen LogP contribution in [-0.4, -0.2) is 43.7 Å². The zero-order valence-electron chi connectivity index (χ0n) is 11.5. The number of piperidine rings is 1. The molecule has 0 aromatic rings. The lowest BCUT2D eigenvalue weighted by Gasteiger charge is -2.29. The second-order valence-corrected chi connectivity index (χ2v) is 5.38. The van der Waals surface area contributed by atoms with Gasteiger partial charge in [-0.1, -0.05) is 13.8 Å². The zero-order chi connectivity index (χ0) is 12.7. The van der Waals surface area contributed by atoms with E-state index in [2.05, 4.69) is 24.5 Å². The number of rotatable bonds is 5. The monoisotopic (exact) mass is 241 g/mol. The van der Waals surface area contributed by atoms with Crippen LogP contribution in [0.1, 0.15) is 39.5 Å². The van der Waals surface area contributed by atoms with Crippen LogP contribution in [0.15, 0.2) is 0 Å². The highest BCUT2D eigenvalue weighted by Crippen LogP contribution is 2.10. The Morgan fingerprint density at radius 3 is 2.41 bits per heavy atom. The molecule has 1 fully saturated rings. The third-order valence-corrected chi connectivity index (χ3v) is 3.18. The molecule has 17 heavy (non-hydrogen) atoms. The summed E-state index contributed by atoms with van der Waals surface area (Å²) in [7, 11) is 1.93. The first-order valence-corrected chi connectivity index (χ1v) is 6.83. The second kappa shape index (κ2) is 7.54. The number of urea groups is 1. The highest BCUT2D eigenvalue weighted by molar-refractivity contribution is 5.74. The van der Waals surface area contributed by atoms with E-state index in [9.17, 15) is 4.79 Å². The molecule has 2 N–H and O–H groups in total. The van der Waals surface area contributed by atoms with Crippen LogP contribution >= 0.6 is 0 Å². The quantitative estimate of drug-likeness (QED) is 0.771. The minimum Gasteiger partial charge on any atom is -0.334 e. The zero-order valence-corrected chi connectivity index (χ0v) is 11.5. The summed E-state index contributed by atoms with van der Waals surface area (Å²) in [6, 6.07) is 0.361. The molecule has 1 atom stereocenters. The lowest BCUT2D eigenvalue weighted by molar-refractivity contribution is 0.180. The Bertz CT molecular complexity index is 225. The highest BCUT2D eigenvalue weighted by Gasteiger charge is 2.19. The molecule has 0 aromatic carbocycles. The molecule has 2 amide bonds. The number of likely N-dealkylation sites (tertiary alicyclic amines) is 1. The lowest BCUT2D eigenvalue weighted by atomic mass is 10.0. The van der Waals surface area contributed by atoms with E-state index < -0.39 is 0 Å². The van der Waals surface area contributed by atoms with E-state index in [1.165, 1.54) is 6.42 Å². The van der Waals surface area contributed by atoms with Crippen LogP contribution in [0.3, 0.4) is 0 Å². The molecule has 4 heteroatoms. The summed E-state index contributed by atoms with van der Waals surface area (Å²) >= 11 is 0. The van der Waals surface area contributed by atoms with Crippen molar-refractivity contribution in [2.24, 2.45) is 5.92 Å². The maximum Gasteiger partial charge on any atom is 0.317 e.